The quantitative estimate of drug-likeness (QED) is 0.304. The molecular formula is C22H15ClFN5O2S. The van der Waals surface area contributed by atoms with Crippen LogP contribution in [0.3, 0.4) is 0 Å². The summed E-state index contributed by atoms with van der Waals surface area (Å²) in [5.74, 6) is -0.672. The minimum Gasteiger partial charge on any atom is -0.331 e. The van der Waals surface area contributed by atoms with Gasteiger partial charge in [-0.3, -0.25) is 15.1 Å². The predicted octanol–water partition coefficient (Wildman–Crippen LogP) is 5.95. The molecule has 0 fully saturated rings. The van der Waals surface area contributed by atoms with Gasteiger partial charge in [0.2, 0.25) is 5.78 Å². The fraction of sp³-hybridized carbons (Fsp3) is 0. The first-order valence-electron chi connectivity index (χ1n) is 9.29. The Hall–Kier alpha value is -3.82. The number of hydrogen-bond donors (Lipinski definition) is 3. The third-order valence-corrected chi connectivity index (χ3v) is 5.41. The van der Waals surface area contributed by atoms with Crippen LogP contribution in [0.15, 0.2) is 73.1 Å². The number of amides is 2. The summed E-state index contributed by atoms with van der Waals surface area (Å²) in [4.78, 5) is 34.1. The molecule has 0 aliphatic carbocycles. The summed E-state index contributed by atoms with van der Waals surface area (Å²) in [6, 6.07) is 14.9. The topological polar surface area (TPSA) is 96.0 Å². The van der Waals surface area contributed by atoms with Gasteiger partial charge in [0.1, 0.15) is 10.7 Å². The average molecular weight is 468 g/mol. The summed E-state index contributed by atoms with van der Waals surface area (Å²) in [6.45, 7) is 0. The van der Waals surface area contributed by atoms with E-state index in [4.69, 9.17) is 11.6 Å². The summed E-state index contributed by atoms with van der Waals surface area (Å²) in [5.41, 5.74) is 1.46. The van der Waals surface area contributed by atoms with E-state index >= 15 is 0 Å². The van der Waals surface area contributed by atoms with E-state index < -0.39 is 11.8 Å². The van der Waals surface area contributed by atoms with Crippen molar-refractivity contribution in [1.29, 1.82) is 0 Å². The van der Waals surface area contributed by atoms with Gasteiger partial charge in [-0.25, -0.2) is 14.2 Å². The van der Waals surface area contributed by atoms with E-state index in [1.165, 1.54) is 30.5 Å². The number of carbonyl (C=O) groups excluding carboxylic acids is 2. The summed E-state index contributed by atoms with van der Waals surface area (Å²) in [5, 5.41) is 9.25. The Bertz CT molecular complexity index is 1250. The Balaban J connectivity index is 1.60. The third-order valence-electron chi connectivity index (χ3n) is 4.19. The number of halogens is 2. The Morgan fingerprint density at radius 3 is 2.34 bits per heavy atom. The fourth-order valence-electron chi connectivity index (χ4n) is 2.70. The number of ketones is 1. The van der Waals surface area contributed by atoms with Crippen LogP contribution in [0.1, 0.15) is 15.2 Å². The van der Waals surface area contributed by atoms with Gasteiger partial charge in [0.05, 0.1) is 0 Å². The lowest BCUT2D eigenvalue weighted by molar-refractivity contribution is 0.104. The molecule has 0 aliphatic heterocycles. The van der Waals surface area contributed by atoms with Crippen molar-refractivity contribution < 1.29 is 14.0 Å². The molecule has 4 aromatic rings. The number of carbonyl (C=O) groups is 2. The van der Waals surface area contributed by atoms with Gasteiger partial charge >= 0.3 is 6.03 Å². The van der Waals surface area contributed by atoms with Gasteiger partial charge in [-0.2, -0.15) is 0 Å². The predicted molar refractivity (Wildman–Crippen MR) is 124 cm³/mol. The molecule has 32 heavy (non-hydrogen) atoms. The lowest BCUT2D eigenvalue weighted by atomic mass is 10.1. The van der Waals surface area contributed by atoms with E-state index in [9.17, 15) is 14.0 Å². The number of aromatic nitrogens is 2. The van der Waals surface area contributed by atoms with E-state index in [1.807, 2.05) is 0 Å². The minimum atomic E-state index is -0.625. The zero-order chi connectivity index (χ0) is 22.5. The molecule has 2 aromatic heterocycles. The number of rotatable bonds is 6. The van der Waals surface area contributed by atoms with E-state index in [1.54, 1.807) is 42.6 Å². The number of anilines is 4. The molecule has 0 saturated heterocycles. The van der Waals surface area contributed by atoms with Crippen molar-refractivity contribution in [3.8, 4) is 0 Å². The van der Waals surface area contributed by atoms with Gasteiger partial charge in [0.15, 0.2) is 10.9 Å². The molecule has 0 saturated carbocycles. The molecule has 4 rings (SSSR count). The Labute approximate surface area is 191 Å². The molecule has 0 unspecified atom stereocenters. The van der Waals surface area contributed by atoms with E-state index in [2.05, 4.69) is 25.9 Å². The van der Waals surface area contributed by atoms with Crippen molar-refractivity contribution in [2.45, 2.75) is 0 Å². The normalized spacial score (nSPS) is 10.4. The maximum atomic E-state index is 13.1. The van der Waals surface area contributed by atoms with E-state index in [0.29, 0.717) is 27.1 Å². The van der Waals surface area contributed by atoms with Crippen LogP contribution in [0.5, 0.6) is 0 Å². The van der Waals surface area contributed by atoms with Crippen molar-refractivity contribution in [2.24, 2.45) is 0 Å². The van der Waals surface area contributed by atoms with Crippen molar-refractivity contribution >= 4 is 57.1 Å². The largest absolute Gasteiger partial charge is 0.331 e. The van der Waals surface area contributed by atoms with Crippen molar-refractivity contribution in [3.63, 3.8) is 0 Å². The summed E-state index contributed by atoms with van der Waals surface area (Å²) >= 11 is 7.01. The summed E-state index contributed by atoms with van der Waals surface area (Å²) in [7, 11) is 0. The van der Waals surface area contributed by atoms with Gasteiger partial charge in [-0.15, -0.1) is 0 Å². The number of urea groups is 1. The monoisotopic (exact) mass is 467 g/mol. The molecule has 160 valence electrons. The van der Waals surface area contributed by atoms with E-state index in [-0.39, 0.29) is 16.5 Å². The molecule has 0 aliphatic rings. The second-order valence-corrected chi connectivity index (χ2v) is 7.92. The second-order valence-electron chi connectivity index (χ2n) is 6.49. The molecule has 3 N–H and O–H groups in total. The zero-order valence-corrected chi connectivity index (χ0v) is 17.9. The maximum Gasteiger partial charge on any atom is 0.324 e. The number of nitrogens with one attached hydrogen (secondary N) is 3. The van der Waals surface area contributed by atoms with Gasteiger partial charge in [0, 0.05) is 34.4 Å². The van der Waals surface area contributed by atoms with Crippen molar-refractivity contribution in [1.82, 2.24) is 9.97 Å². The number of hydrogen-bond acceptors (Lipinski definition) is 6. The van der Waals surface area contributed by atoms with Crippen molar-refractivity contribution in [2.75, 3.05) is 16.0 Å². The number of pyridine rings is 1. The van der Waals surface area contributed by atoms with Crippen LogP contribution >= 0.6 is 22.9 Å². The summed E-state index contributed by atoms with van der Waals surface area (Å²) < 4.78 is 13.1. The zero-order valence-electron chi connectivity index (χ0n) is 16.3. The Kier molecular flexibility index (Phi) is 6.39. The van der Waals surface area contributed by atoms with Crippen LogP contribution in [0.2, 0.25) is 5.02 Å². The molecule has 0 radical (unpaired) electrons. The number of benzene rings is 2. The highest BCUT2D eigenvalue weighted by atomic mass is 35.5. The number of thiazole rings is 1. The van der Waals surface area contributed by atoms with Crippen LogP contribution in [0, 0.1) is 5.82 Å². The molecule has 2 aromatic carbocycles. The van der Waals surface area contributed by atoms with Crippen LogP contribution in [-0.4, -0.2) is 21.8 Å². The van der Waals surface area contributed by atoms with Gasteiger partial charge < -0.3 is 10.6 Å². The molecule has 0 spiro atoms. The second kappa shape index (κ2) is 9.54. The molecule has 0 atom stereocenters. The molecule has 2 amide bonds. The standard InChI is InChI=1S/C22H15ClFN5O2S/c23-14-3-7-17(8-4-14)27-22-29-20(19(32-22)18(30)13-2-1-11-25-12-13)28-21(31)26-16-9-5-15(24)6-10-16/h1-12H,(H,27,29)(H2,26,28,31). The maximum absolute atomic E-state index is 13.1. The van der Waals surface area contributed by atoms with Crippen molar-refractivity contribution in [3.05, 3.63) is 94.3 Å². The van der Waals surface area contributed by atoms with Crippen LogP contribution < -0.4 is 16.0 Å². The first kappa shape index (κ1) is 21.4. The lowest BCUT2D eigenvalue weighted by Gasteiger charge is -2.07. The summed E-state index contributed by atoms with van der Waals surface area (Å²) in [6.07, 6.45) is 3.00. The fourth-order valence-corrected chi connectivity index (χ4v) is 3.73. The highest BCUT2D eigenvalue weighted by Gasteiger charge is 2.22. The van der Waals surface area contributed by atoms with Gasteiger partial charge in [-0.05, 0) is 60.7 Å². The number of nitrogens with zero attached hydrogens (tertiary/aromatic N) is 2. The van der Waals surface area contributed by atoms with Crippen LogP contribution in [0.4, 0.5) is 31.5 Å². The minimum absolute atomic E-state index is 0.0833. The van der Waals surface area contributed by atoms with Crippen LogP contribution in [-0.2, 0) is 0 Å². The average Bonchev–Trinajstić information content (AvgIpc) is 3.18. The Morgan fingerprint density at radius 2 is 1.66 bits per heavy atom. The highest BCUT2D eigenvalue weighted by Crippen LogP contribution is 2.32. The SMILES string of the molecule is O=C(Nc1ccc(F)cc1)Nc1nc(Nc2ccc(Cl)cc2)sc1C(=O)c1cccnc1. The van der Waals surface area contributed by atoms with Gasteiger partial charge in [-0.1, -0.05) is 22.9 Å². The lowest BCUT2D eigenvalue weighted by Crippen LogP contribution is -2.21. The van der Waals surface area contributed by atoms with E-state index in [0.717, 1.165) is 11.3 Å². The van der Waals surface area contributed by atoms with Crippen LogP contribution in [0.25, 0.3) is 0 Å². The Morgan fingerprint density at radius 1 is 0.938 bits per heavy atom. The smallest absolute Gasteiger partial charge is 0.324 e. The molecule has 10 heteroatoms. The molecular weight excluding hydrogens is 453 g/mol. The van der Waals surface area contributed by atoms with Gasteiger partial charge in [0.25, 0.3) is 0 Å². The molecule has 0 bridgehead atoms. The first-order chi connectivity index (χ1) is 15.5. The first-order valence-corrected chi connectivity index (χ1v) is 10.5. The molecule has 7 nitrogen and oxygen atoms in total. The molecule has 2 heterocycles. The highest BCUT2D eigenvalue weighted by molar-refractivity contribution is 7.18. The third kappa shape index (κ3) is 5.26.